The maximum atomic E-state index is 12.1. The molecule has 21 heavy (non-hydrogen) atoms. The Bertz CT molecular complexity index is 743. The molecular weight excluding hydrogens is 264 g/mol. The normalized spacial score (nSPS) is 10.9. The number of nitrogens with one attached hydrogen (secondary N) is 3. The van der Waals surface area contributed by atoms with E-state index in [1.54, 1.807) is 12.5 Å². The molecule has 3 aromatic rings. The van der Waals surface area contributed by atoms with Crippen molar-refractivity contribution in [3.8, 4) is 0 Å². The maximum Gasteiger partial charge on any atom is 0.224 e. The highest BCUT2D eigenvalue weighted by Crippen LogP contribution is 2.22. The number of imidazole rings is 1. The van der Waals surface area contributed by atoms with Crippen LogP contribution in [0.3, 0.4) is 0 Å². The largest absolute Gasteiger partial charge is 0.358 e. The van der Waals surface area contributed by atoms with E-state index in [1.807, 2.05) is 31.2 Å². The van der Waals surface area contributed by atoms with E-state index >= 15 is 0 Å². The molecular formula is C16H18N4O. The molecule has 2 aromatic heterocycles. The molecule has 0 saturated heterocycles. The van der Waals surface area contributed by atoms with Crippen molar-refractivity contribution in [1.82, 2.24) is 20.3 Å². The van der Waals surface area contributed by atoms with Crippen molar-refractivity contribution < 1.29 is 4.79 Å². The number of hydrogen-bond acceptors (Lipinski definition) is 2. The first-order valence-electron chi connectivity index (χ1n) is 7.04. The van der Waals surface area contributed by atoms with Gasteiger partial charge >= 0.3 is 0 Å². The summed E-state index contributed by atoms with van der Waals surface area (Å²) in [6.45, 7) is 2.62. The summed E-state index contributed by atoms with van der Waals surface area (Å²) in [4.78, 5) is 22.4. The predicted molar refractivity (Wildman–Crippen MR) is 82.0 cm³/mol. The fourth-order valence-electron chi connectivity index (χ4n) is 2.54. The van der Waals surface area contributed by atoms with E-state index in [2.05, 4.69) is 20.3 Å². The van der Waals surface area contributed by atoms with Gasteiger partial charge in [-0.15, -0.1) is 0 Å². The Morgan fingerprint density at radius 1 is 1.33 bits per heavy atom. The highest BCUT2D eigenvalue weighted by atomic mass is 16.1. The number of hydrogen-bond donors (Lipinski definition) is 3. The van der Waals surface area contributed by atoms with Crippen LogP contribution in [0.25, 0.3) is 10.9 Å². The van der Waals surface area contributed by atoms with E-state index in [0.29, 0.717) is 13.0 Å². The van der Waals surface area contributed by atoms with Gasteiger partial charge in [0.25, 0.3) is 0 Å². The summed E-state index contributed by atoms with van der Waals surface area (Å²) >= 11 is 0. The number of carbonyl (C=O) groups is 1. The van der Waals surface area contributed by atoms with Gasteiger partial charge in [0, 0.05) is 41.5 Å². The van der Waals surface area contributed by atoms with E-state index in [-0.39, 0.29) is 5.91 Å². The molecule has 0 aliphatic carbocycles. The van der Waals surface area contributed by atoms with Crippen molar-refractivity contribution in [1.29, 1.82) is 0 Å². The first-order valence-corrected chi connectivity index (χ1v) is 7.04. The summed E-state index contributed by atoms with van der Waals surface area (Å²) in [7, 11) is 0. The standard InChI is InChI=1S/C16H18N4O/c1-11-14(13-4-2-3-5-15(13)20-11)8-16(21)18-7-6-12-9-17-10-19-12/h2-5,9-10,20H,6-8H2,1H3,(H,17,19)(H,18,21). The molecule has 0 saturated carbocycles. The van der Waals surface area contributed by atoms with Gasteiger partial charge in [0.2, 0.25) is 5.91 Å². The highest BCUT2D eigenvalue weighted by Gasteiger charge is 2.11. The molecule has 0 spiro atoms. The van der Waals surface area contributed by atoms with Crippen LogP contribution < -0.4 is 5.32 Å². The first kappa shape index (κ1) is 13.4. The number of H-pyrrole nitrogens is 2. The minimum atomic E-state index is 0.0439. The van der Waals surface area contributed by atoms with E-state index < -0.39 is 0 Å². The lowest BCUT2D eigenvalue weighted by atomic mass is 10.1. The van der Waals surface area contributed by atoms with Gasteiger partial charge in [-0.05, 0) is 18.6 Å². The zero-order valence-electron chi connectivity index (χ0n) is 11.9. The van der Waals surface area contributed by atoms with E-state index in [1.165, 1.54) is 0 Å². The Hall–Kier alpha value is -2.56. The molecule has 0 aliphatic rings. The van der Waals surface area contributed by atoms with Crippen LogP contribution in [0, 0.1) is 6.92 Å². The topological polar surface area (TPSA) is 73.6 Å². The Balaban J connectivity index is 1.62. The average molecular weight is 282 g/mol. The number of benzene rings is 1. The van der Waals surface area contributed by atoms with E-state index in [9.17, 15) is 4.79 Å². The van der Waals surface area contributed by atoms with Crippen LogP contribution >= 0.6 is 0 Å². The molecule has 5 heteroatoms. The Kier molecular flexibility index (Phi) is 3.73. The number of aromatic amines is 2. The Morgan fingerprint density at radius 3 is 3.00 bits per heavy atom. The van der Waals surface area contributed by atoms with Gasteiger partial charge in [0.05, 0.1) is 12.7 Å². The quantitative estimate of drug-likeness (QED) is 0.670. The lowest BCUT2D eigenvalue weighted by Gasteiger charge is -2.05. The maximum absolute atomic E-state index is 12.1. The third-order valence-corrected chi connectivity index (χ3v) is 3.64. The van der Waals surface area contributed by atoms with Crippen molar-refractivity contribution in [2.75, 3.05) is 6.54 Å². The highest BCUT2D eigenvalue weighted by molar-refractivity contribution is 5.90. The lowest BCUT2D eigenvalue weighted by molar-refractivity contribution is -0.120. The molecule has 3 rings (SSSR count). The number of para-hydroxylation sites is 1. The summed E-state index contributed by atoms with van der Waals surface area (Å²) in [5, 5.41) is 4.07. The smallest absolute Gasteiger partial charge is 0.224 e. The van der Waals surface area contributed by atoms with E-state index in [0.717, 1.165) is 34.3 Å². The summed E-state index contributed by atoms with van der Waals surface area (Å²) in [6, 6.07) is 8.07. The molecule has 0 atom stereocenters. The number of nitrogens with zero attached hydrogens (tertiary/aromatic N) is 1. The summed E-state index contributed by atoms with van der Waals surface area (Å²) in [5.41, 5.74) is 4.23. The number of carbonyl (C=O) groups excluding carboxylic acids is 1. The molecule has 0 radical (unpaired) electrons. The minimum absolute atomic E-state index is 0.0439. The molecule has 1 aromatic carbocycles. The third kappa shape index (κ3) is 2.97. The molecule has 2 heterocycles. The SMILES string of the molecule is Cc1[nH]c2ccccc2c1CC(=O)NCCc1cnc[nH]1. The fourth-order valence-corrected chi connectivity index (χ4v) is 2.54. The van der Waals surface area contributed by atoms with Crippen LogP contribution in [-0.4, -0.2) is 27.4 Å². The van der Waals surface area contributed by atoms with Gasteiger partial charge in [0.15, 0.2) is 0 Å². The van der Waals surface area contributed by atoms with Gasteiger partial charge in [-0.2, -0.15) is 0 Å². The number of aromatic nitrogens is 3. The van der Waals surface area contributed by atoms with Gasteiger partial charge in [-0.1, -0.05) is 18.2 Å². The fraction of sp³-hybridized carbons (Fsp3) is 0.250. The summed E-state index contributed by atoms with van der Waals surface area (Å²) in [5.74, 6) is 0.0439. The van der Waals surface area contributed by atoms with E-state index in [4.69, 9.17) is 0 Å². The Labute approximate surface area is 122 Å². The van der Waals surface area contributed by atoms with Gasteiger partial charge in [-0.25, -0.2) is 4.98 Å². The van der Waals surface area contributed by atoms with Gasteiger partial charge in [0.1, 0.15) is 0 Å². The zero-order chi connectivity index (χ0) is 14.7. The minimum Gasteiger partial charge on any atom is -0.358 e. The number of fused-ring (bicyclic) bond motifs is 1. The molecule has 5 nitrogen and oxygen atoms in total. The first-order chi connectivity index (χ1) is 10.2. The average Bonchev–Trinajstić information content (AvgIpc) is 3.08. The lowest BCUT2D eigenvalue weighted by Crippen LogP contribution is -2.27. The molecule has 0 bridgehead atoms. The van der Waals surface area contributed by atoms with Crippen LogP contribution in [0.4, 0.5) is 0 Å². The van der Waals surface area contributed by atoms with Gasteiger partial charge in [-0.3, -0.25) is 4.79 Å². The van der Waals surface area contributed by atoms with Crippen molar-refractivity contribution in [2.24, 2.45) is 0 Å². The zero-order valence-corrected chi connectivity index (χ0v) is 11.9. The molecule has 108 valence electrons. The Morgan fingerprint density at radius 2 is 2.19 bits per heavy atom. The molecule has 0 unspecified atom stereocenters. The van der Waals surface area contributed by atoms with Gasteiger partial charge < -0.3 is 15.3 Å². The van der Waals surface area contributed by atoms with Crippen LogP contribution in [-0.2, 0) is 17.6 Å². The number of aryl methyl sites for hydroxylation is 1. The second-order valence-corrected chi connectivity index (χ2v) is 5.13. The number of rotatable bonds is 5. The second kappa shape index (κ2) is 5.83. The van der Waals surface area contributed by atoms with Crippen LogP contribution in [0.5, 0.6) is 0 Å². The van der Waals surface area contributed by atoms with Crippen LogP contribution in [0.2, 0.25) is 0 Å². The van der Waals surface area contributed by atoms with Crippen molar-refractivity contribution >= 4 is 16.8 Å². The summed E-state index contributed by atoms with van der Waals surface area (Å²) in [6.07, 6.45) is 4.58. The molecule has 3 N–H and O–H groups in total. The molecule has 1 amide bonds. The van der Waals surface area contributed by atoms with Crippen molar-refractivity contribution in [2.45, 2.75) is 19.8 Å². The van der Waals surface area contributed by atoms with Crippen LogP contribution in [0.15, 0.2) is 36.8 Å². The predicted octanol–water partition coefficient (Wildman–Crippen LogP) is 2.10. The number of amides is 1. The monoisotopic (exact) mass is 282 g/mol. The molecule has 0 fully saturated rings. The third-order valence-electron chi connectivity index (χ3n) is 3.64. The van der Waals surface area contributed by atoms with Crippen molar-refractivity contribution in [3.63, 3.8) is 0 Å². The second-order valence-electron chi connectivity index (χ2n) is 5.13. The van der Waals surface area contributed by atoms with Crippen molar-refractivity contribution in [3.05, 3.63) is 53.7 Å². The van der Waals surface area contributed by atoms with Crippen LogP contribution in [0.1, 0.15) is 17.0 Å². The summed E-state index contributed by atoms with van der Waals surface area (Å²) < 4.78 is 0. The molecule has 0 aliphatic heterocycles.